The van der Waals surface area contributed by atoms with Crippen molar-refractivity contribution >= 4 is 12.1 Å². The van der Waals surface area contributed by atoms with Crippen LogP contribution < -0.4 is 5.32 Å². The van der Waals surface area contributed by atoms with Crippen LogP contribution in [-0.2, 0) is 30.4 Å². The molecule has 0 unspecified atom stereocenters. The standard InChI is InChI=1S/C32H52N2O6/c1-32(2,3)39-31(36)33-27(17-13-14-22-37-23-26-15-7-4-8-16-26)24-38-25-30(35)40-34(28-18-9-5-10-19-28)29-20-11-6-12-21-29/h4,7-8,15-16,27-29H,5-6,9-14,17-25H2,1-3H3,(H,33,36)/t27-/m1/s1. The summed E-state index contributed by atoms with van der Waals surface area (Å²) in [5.74, 6) is -0.360. The van der Waals surface area contributed by atoms with Gasteiger partial charge in [0.1, 0.15) is 12.2 Å². The number of hydrogen-bond acceptors (Lipinski definition) is 7. The molecule has 8 heteroatoms. The van der Waals surface area contributed by atoms with Gasteiger partial charge in [-0.1, -0.05) is 68.9 Å². The molecule has 2 aliphatic carbocycles. The van der Waals surface area contributed by atoms with Gasteiger partial charge in [-0.05, 0) is 71.3 Å². The van der Waals surface area contributed by atoms with Gasteiger partial charge in [-0.15, -0.1) is 5.06 Å². The summed E-state index contributed by atoms with van der Waals surface area (Å²) in [7, 11) is 0. The van der Waals surface area contributed by atoms with Gasteiger partial charge < -0.3 is 24.4 Å². The maximum Gasteiger partial charge on any atom is 0.407 e. The molecule has 2 saturated carbocycles. The minimum Gasteiger partial charge on any atom is -0.444 e. The van der Waals surface area contributed by atoms with Gasteiger partial charge in [0, 0.05) is 18.7 Å². The Balaban J connectivity index is 1.43. The molecule has 1 aromatic rings. The summed E-state index contributed by atoms with van der Waals surface area (Å²) in [5.41, 5.74) is 0.560. The first-order valence-corrected chi connectivity index (χ1v) is 15.5. The van der Waals surface area contributed by atoms with Crippen LogP contribution in [0.25, 0.3) is 0 Å². The summed E-state index contributed by atoms with van der Waals surface area (Å²) in [6.07, 6.45) is 13.5. The molecule has 0 radical (unpaired) electrons. The number of nitrogens with one attached hydrogen (secondary N) is 1. The molecule has 8 nitrogen and oxygen atoms in total. The zero-order chi connectivity index (χ0) is 28.6. The van der Waals surface area contributed by atoms with Crippen LogP contribution in [0.3, 0.4) is 0 Å². The van der Waals surface area contributed by atoms with E-state index in [1.165, 1.54) is 38.5 Å². The lowest BCUT2D eigenvalue weighted by Gasteiger charge is -2.39. The Bertz CT molecular complexity index is 829. The second-order valence-electron chi connectivity index (χ2n) is 12.3. The fraction of sp³-hybridized carbons (Fsp3) is 0.750. The van der Waals surface area contributed by atoms with Crippen molar-refractivity contribution in [2.45, 2.75) is 135 Å². The van der Waals surface area contributed by atoms with Crippen molar-refractivity contribution in [2.75, 3.05) is 19.8 Å². The van der Waals surface area contributed by atoms with Crippen molar-refractivity contribution < 1.29 is 28.6 Å². The van der Waals surface area contributed by atoms with Crippen LogP contribution in [0.5, 0.6) is 0 Å². The summed E-state index contributed by atoms with van der Waals surface area (Å²) in [6.45, 7) is 6.81. The number of carbonyl (C=O) groups excluding carboxylic acids is 2. The lowest BCUT2D eigenvalue weighted by molar-refractivity contribution is -0.226. The van der Waals surface area contributed by atoms with E-state index in [9.17, 15) is 9.59 Å². The van der Waals surface area contributed by atoms with Gasteiger partial charge >= 0.3 is 12.1 Å². The summed E-state index contributed by atoms with van der Waals surface area (Å²) in [4.78, 5) is 31.3. The van der Waals surface area contributed by atoms with E-state index < -0.39 is 11.7 Å². The zero-order valence-electron chi connectivity index (χ0n) is 25.0. The normalized spacial score (nSPS) is 17.9. The Morgan fingerprint density at radius 3 is 2.12 bits per heavy atom. The Kier molecular flexibility index (Phi) is 14.2. The van der Waals surface area contributed by atoms with Gasteiger partial charge in [0.25, 0.3) is 0 Å². The number of alkyl carbamates (subject to hydrolysis) is 1. The molecule has 1 atom stereocenters. The summed E-state index contributed by atoms with van der Waals surface area (Å²) < 4.78 is 17.0. The topological polar surface area (TPSA) is 86.3 Å². The van der Waals surface area contributed by atoms with Gasteiger partial charge in [0.05, 0.1) is 19.3 Å². The average molecular weight is 561 g/mol. The van der Waals surface area contributed by atoms with E-state index in [1.807, 2.05) is 56.2 Å². The second kappa shape index (κ2) is 17.6. The highest BCUT2D eigenvalue weighted by atomic mass is 16.7. The first-order chi connectivity index (χ1) is 19.3. The molecule has 3 rings (SSSR count). The predicted octanol–water partition coefficient (Wildman–Crippen LogP) is 6.71. The number of rotatable bonds is 15. The first kappa shape index (κ1) is 32.4. The quantitative estimate of drug-likeness (QED) is 0.188. The Morgan fingerprint density at radius 1 is 0.900 bits per heavy atom. The zero-order valence-corrected chi connectivity index (χ0v) is 25.0. The Morgan fingerprint density at radius 2 is 1.52 bits per heavy atom. The average Bonchev–Trinajstić information content (AvgIpc) is 2.94. The maximum absolute atomic E-state index is 12.9. The highest BCUT2D eigenvalue weighted by Crippen LogP contribution is 2.30. The number of nitrogens with zero attached hydrogens (tertiary/aromatic N) is 1. The molecular weight excluding hydrogens is 508 g/mol. The third-order valence-corrected chi connectivity index (χ3v) is 7.54. The summed E-state index contributed by atoms with van der Waals surface area (Å²) in [6, 6.07) is 10.4. The molecule has 1 N–H and O–H groups in total. The first-order valence-electron chi connectivity index (χ1n) is 15.5. The number of hydrogen-bond donors (Lipinski definition) is 1. The smallest absolute Gasteiger partial charge is 0.407 e. The van der Waals surface area contributed by atoms with E-state index in [4.69, 9.17) is 19.0 Å². The Hall–Kier alpha value is -2.16. The van der Waals surface area contributed by atoms with E-state index in [0.29, 0.717) is 31.7 Å². The van der Waals surface area contributed by atoms with Gasteiger partial charge in [-0.2, -0.15) is 0 Å². The van der Waals surface area contributed by atoms with E-state index in [1.54, 1.807) is 0 Å². The van der Waals surface area contributed by atoms with Crippen LogP contribution in [0, 0.1) is 0 Å². The fourth-order valence-corrected chi connectivity index (χ4v) is 5.58. The number of hydroxylamine groups is 2. The van der Waals surface area contributed by atoms with Crippen LogP contribution in [0.4, 0.5) is 4.79 Å². The van der Waals surface area contributed by atoms with Crippen LogP contribution in [0.1, 0.15) is 110 Å². The summed E-state index contributed by atoms with van der Waals surface area (Å²) in [5, 5.41) is 4.94. The Labute approximate surface area is 241 Å². The maximum atomic E-state index is 12.9. The monoisotopic (exact) mass is 560 g/mol. The van der Waals surface area contributed by atoms with E-state index >= 15 is 0 Å². The molecule has 2 fully saturated rings. The van der Waals surface area contributed by atoms with E-state index in [2.05, 4.69) is 5.32 Å². The van der Waals surface area contributed by atoms with Gasteiger partial charge in [0.15, 0.2) is 0 Å². The van der Waals surface area contributed by atoms with Gasteiger partial charge in [-0.3, -0.25) is 0 Å². The lowest BCUT2D eigenvalue weighted by atomic mass is 9.90. The molecule has 226 valence electrons. The molecule has 40 heavy (non-hydrogen) atoms. The van der Waals surface area contributed by atoms with Gasteiger partial charge in [0.2, 0.25) is 0 Å². The summed E-state index contributed by atoms with van der Waals surface area (Å²) >= 11 is 0. The number of amides is 1. The van der Waals surface area contributed by atoms with Crippen LogP contribution >= 0.6 is 0 Å². The van der Waals surface area contributed by atoms with Crippen molar-refractivity contribution in [3.05, 3.63) is 35.9 Å². The molecule has 0 heterocycles. The molecule has 0 aromatic heterocycles. The van der Waals surface area contributed by atoms with Crippen molar-refractivity contribution in [3.8, 4) is 0 Å². The molecule has 2 aliphatic rings. The minimum absolute atomic E-state index is 0.136. The highest BCUT2D eigenvalue weighted by molar-refractivity contribution is 5.70. The van der Waals surface area contributed by atoms with Crippen LogP contribution in [0.15, 0.2) is 30.3 Å². The van der Waals surface area contributed by atoms with Crippen molar-refractivity contribution in [2.24, 2.45) is 0 Å². The fourth-order valence-electron chi connectivity index (χ4n) is 5.58. The molecule has 1 aromatic carbocycles. The largest absolute Gasteiger partial charge is 0.444 e. The number of carbonyl (C=O) groups is 2. The molecule has 1 amide bonds. The number of unbranched alkanes of at least 4 members (excludes halogenated alkanes) is 1. The second-order valence-corrected chi connectivity index (χ2v) is 12.3. The molecule has 0 spiro atoms. The third kappa shape index (κ3) is 13.0. The van der Waals surface area contributed by atoms with Gasteiger partial charge in [-0.25, -0.2) is 9.59 Å². The minimum atomic E-state index is -0.591. The van der Waals surface area contributed by atoms with Crippen LogP contribution in [0.2, 0.25) is 0 Å². The highest BCUT2D eigenvalue weighted by Gasteiger charge is 2.32. The number of benzene rings is 1. The molecule has 0 bridgehead atoms. The van der Waals surface area contributed by atoms with E-state index in [-0.39, 0.29) is 25.2 Å². The SMILES string of the molecule is CC(C)(C)OC(=O)N[C@H](CCCCOCc1ccccc1)COCC(=O)ON(C1CCCCC1)C1CCCCC1. The van der Waals surface area contributed by atoms with Crippen molar-refractivity contribution in [3.63, 3.8) is 0 Å². The van der Waals surface area contributed by atoms with Crippen molar-refractivity contribution in [1.82, 2.24) is 10.4 Å². The molecule has 0 saturated heterocycles. The predicted molar refractivity (Wildman–Crippen MR) is 156 cm³/mol. The number of ether oxygens (including phenoxy) is 3. The molecular formula is C32H52N2O6. The van der Waals surface area contributed by atoms with E-state index in [0.717, 1.165) is 44.1 Å². The molecule has 0 aliphatic heterocycles. The lowest BCUT2D eigenvalue weighted by Crippen LogP contribution is -2.47. The third-order valence-electron chi connectivity index (χ3n) is 7.54. The van der Waals surface area contributed by atoms with Crippen molar-refractivity contribution in [1.29, 1.82) is 0 Å². The van der Waals surface area contributed by atoms with Crippen LogP contribution in [-0.4, -0.2) is 60.7 Å².